The molecule has 0 bridgehead atoms. The molecule has 0 aromatic carbocycles. The summed E-state index contributed by atoms with van der Waals surface area (Å²) in [6.45, 7) is 4.50. The lowest BCUT2D eigenvalue weighted by atomic mass is 9.84. The van der Waals surface area contributed by atoms with Gasteiger partial charge in [0.15, 0.2) is 0 Å². The van der Waals surface area contributed by atoms with Gasteiger partial charge >= 0.3 is 0 Å². The molecule has 1 aromatic heterocycles. The molecule has 0 amide bonds. The molecule has 2 fully saturated rings. The Bertz CT molecular complexity index is 424. The zero-order chi connectivity index (χ0) is 13.3. The van der Waals surface area contributed by atoms with Crippen LogP contribution in [0.1, 0.15) is 49.2 Å². The number of ether oxygens (including phenoxy) is 2. The highest BCUT2D eigenvalue weighted by atomic mass is 79.9. The van der Waals surface area contributed by atoms with E-state index in [4.69, 9.17) is 9.47 Å². The molecule has 1 spiro atoms. The molecular weight excluding hydrogens is 310 g/mol. The molecule has 2 atom stereocenters. The van der Waals surface area contributed by atoms with E-state index in [2.05, 4.69) is 39.4 Å². The molecule has 0 radical (unpaired) electrons. The average Bonchev–Trinajstić information content (AvgIpc) is 2.89. The standard InChI is InChI=1S/C13H20BrN3O2/c1-10(14)12-9-17(16-15-12)11-2-5-19-13(8-11)3-6-18-7-4-13/h9-11H,2-8H2,1H3. The van der Waals surface area contributed by atoms with Crippen LogP contribution in [0.15, 0.2) is 6.20 Å². The van der Waals surface area contributed by atoms with Crippen LogP contribution in [0.25, 0.3) is 0 Å². The summed E-state index contributed by atoms with van der Waals surface area (Å²) in [6, 6.07) is 0.402. The average molecular weight is 330 g/mol. The molecule has 6 heteroatoms. The number of alkyl halides is 1. The van der Waals surface area contributed by atoms with Gasteiger partial charge in [0, 0.05) is 26.0 Å². The molecule has 0 N–H and O–H groups in total. The van der Waals surface area contributed by atoms with Crippen molar-refractivity contribution >= 4 is 15.9 Å². The van der Waals surface area contributed by atoms with Gasteiger partial charge in [-0.15, -0.1) is 5.10 Å². The summed E-state index contributed by atoms with van der Waals surface area (Å²) >= 11 is 3.53. The van der Waals surface area contributed by atoms with Crippen molar-refractivity contribution in [2.75, 3.05) is 19.8 Å². The van der Waals surface area contributed by atoms with E-state index in [1.165, 1.54) is 0 Å². The van der Waals surface area contributed by atoms with Gasteiger partial charge in [-0.25, -0.2) is 4.68 Å². The Labute approximate surface area is 121 Å². The van der Waals surface area contributed by atoms with E-state index in [9.17, 15) is 0 Å². The van der Waals surface area contributed by atoms with Crippen molar-refractivity contribution in [1.82, 2.24) is 15.0 Å². The highest BCUT2D eigenvalue weighted by Gasteiger charge is 2.39. The normalized spacial score (nSPS) is 28.4. The fourth-order valence-electron chi connectivity index (χ4n) is 2.97. The molecule has 0 aliphatic carbocycles. The van der Waals surface area contributed by atoms with Gasteiger partial charge in [0.1, 0.15) is 0 Å². The smallest absolute Gasteiger partial charge is 0.0960 e. The van der Waals surface area contributed by atoms with Gasteiger partial charge in [-0.05, 0) is 32.6 Å². The summed E-state index contributed by atoms with van der Waals surface area (Å²) < 4.78 is 13.5. The summed E-state index contributed by atoms with van der Waals surface area (Å²) in [4.78, 5) is 0.248. The van der Waals surface area contributed by atoms with Crippen molar-refractivity contribution < 1.29 is 9.47 Å². The number of rotatable bonds is 2. The van der Waals surface area contributed by atoms with Crippen LogP contribution in [0.3, 0.4) is 0 Å². The van der Waals surface area contributed by atoms with Crippen molar-refractivity contribution in [2.24, 2.45) is 0 Å². The first-order valence-electron chi connectivity index (χ1n) is 6.96. The third kappa shape index (κ3) is 2.85. The first-order chi connectivity index (χ1) is 9.19. The van der Waals surface area contributed by atoms with E-state index >= 15 is 0 Å². The molecule has 2 aliphatic heterocycles. The predicted octanol–water partition coefficient (Wildman–Crippen LogP) is 2.63. The highest BCUT2D eigenvalue weighted by molar-refractivity contribution is 9.09. The van der Waals surface area contributed by atoms with Crippen LogP contribution in [-0.4, -0.2) is 40.4 Å². The summed E-state index contributed by atoms with van der Waals surface area (Å²) in [5.41, 5.74) is 1.00. The maximum atomic E-state index is 6.06. The molecule has 0 saturated carbocycles. The minimum absolute atomic E-state index is 0.00724. The number of hydrogen-bond donors (Lipinski definition) is 0. The number of halogens is 1. The number of nitrogens with zero attached hydrogens (tertiary/aromatic N) is 3. The lowest BCUT2D eigenvalue weighted by Gasteiger charge is -2.43. The van der Waals surface area contributed by atoms with E-state index in [-0.39, 0.29) is 10.4 Å². The van der Waals surface area contributed by atoms with Crippen molar-refractivity contribution in [3.63, 3.8) is 0 Å². The quantitative estimate of drug-likeness (QED) is 0.782. The number of hydrogen-bond acceptors (Lipinski definition) is 4. The summed E-state index contributed by atoms with van der Waals surface area (Å²) in [6.07, 6.45) is 6.10. The van der Waals surface area contributed by atoms with E-state index in [0.717, 1.165) is 51.2 Å². The Hall–Kier alpha value is -0.460. The topological polar surface area (TPSA) is 49.2 Å². The van der Waals surface area contributed by atoms with E-state index in [1.807, 2.05) is 4.68 Å². The van der Waals surface area contributed by atoms with E-state index in [1.54, 1.807) is 0 Å². The van der Waals surface area contributed by atoms with Crippen molar-refractivity contribution in [2.45, 2.75) is 49.1 Å². The van der Waals surface area contributed by atoms with Crippen molar-refractivity contribution in [3.8, 4) is 0 Å². The summed E-state index contributed by atoms with van der Waals surface area (Å²) in [5.74, 6) is 0. The second kappa shape index (κ2) is 5.50. The molecule has 2 unspecified atom stereocenters. The highest BCUT2D eigenvalue weighted by Crippen LogP contribution is 2.39. The van der Waals surface area contributed by atoms with Gasteiger partial charge in [-0.3, -0.25) is 0 Å². The molecule has 1 aromatic rings. The van der Waals surface area contributed by atoms with Gasteiger partial charge in [0.05, 0.1) is 22.2 Å². The Morgan fingerprint density at radius 2 is 2.21 bits per heavy atom. The lowest BCUT2D eigenvalue weighted by molar-refractivity contribution is -0.145. The van der Waals surface area contributed by atoms with E-state index in [0.29, 0.717) is 6.04 Å². The summed E-state index contributed by atoms with van der Waals surface area (Å²) in [5, 5.41) is 8.51. The van der Waals surface area contributed by atoms with Crippen molar-refractivity contribution in [3.05, 3.63) is 11.9 Å². The Morgan fingerprint density at radius 3 is 2.89 bits per heavy atom. The molecular formula is C13H20BrN3O2. The van der Waals surface area contributed by atoms with Gasteiger partial charge in [0.25, 0.3) is 0 Å². The predicted molar refractivity (Wildman–Crippen MR) is 74.4 cm³/mol. The van der Waals surface area contributed by atoms with Crippen LogP contribution in [0.2, 0.25) is 0 Å². The minimum atomic E-state index is 0.00724. The SMILES string of the molecule is CC(Br)c1cn(C2CCOC3(CCOCC3)C2)nn1. The van der Waals surface area contributed by atoms with Crippen LogP contribution < -0.4 is 0 Å². The fourth-order valence-corrected chi connectivity index (χ4v) is 3.18. The second-order valence-electron chi connectivity index (χ2n) is 5.53. The van der Waals surface area contributed by atoms with Crippen LogP contribution in [0, 0.1) is 0 Å². The maximum Gasteiger partial charge on any atom is 0.0960 e. The Kier molecular flexibility index (Phi) is 3.91. The largest absolute Gasteiger partial charge is 0.381 e. The van der Waals surface area contributed by atoms with Crippen LogP contribution in [0.4, 0.5) is 0 Å². The fraction of sp³-hybridized carbons (Fsp3) is 0.846. The Morgan fingerprint density at radius 1 is 1.42 bits per heavy atom. The second-order valence-corrected chi connectivity index (χ2v) is 6.90. The van der Waals surface area contributed by atoms with Gasteiger partial charge in [-0.2, -0.15) is 0 Å². The molecule has 3 heterocycles. The molecule has 2 saturated heterocycles. The molecule has 19 heavy (non-hydrogen) atoms. The van der Waals surface area contributed by atoms with Crippen molar-refractivity contribution in [1.29, 1.82) is 0 Å². The zero-order valence-corrected chi connectivity index (χ0v) is 12.8. The van der Waals surface area contributed by atoms with Gasteiger partial charge < -0.3 is 9.47 Å². The zero-order valence-electron chi connectivity index (χ0n) is 11.2. The first-order valence-corrected chi connectivity index (χ1v) is 7.88. The van der Waals surface area contributed by atoms with E-state index < -0.39 is 0 Å². The Balaban J connectivity index is 1.73. The van der Waals surface area contributed by atoms with Crippen LogP contribution in [-0.2, 0) is 9.47 Å². The molecule has 106 valence electrons. The summed E-state index contributed by atoms with van der Waals surface area (Å²) in [7, 11) is 0. The molecule has 3 rings (SSSR count). The van der Waals surface area contributed by atoms with Gasteiger partial charge in [-0.1, -0.05) is 21.1 Å². The van der Waals surface area contributed by atoms with Gasteiger partial charge in [0.2, 0.25) is 0 Å². The lowest BCUT2D eigenvalue weighted by Crippen LogP contribution is -2.44. The first kappa shape index (κ1) is 13.5. The molecule has 2 aliphatic rings. The number of aromatic nitrogens is 3. The third-order valence-corrected chi connectivity index (χ3v) is 4.65. The monoisotopic (exact) mass is 329 g/mol. The molecule has 5 nitrogen and oxygen atoms in total. The van der Waals surface area contributed by atoms with Crippen LogP contribution in [0.5, 0.6) is 0 Å². The third-order valence-electron chi connectivity index (χ3n) is 4.18. The maximum absolute atomic E-state index is 6.06. The van der Waals surface area contributed by atoms with Crippen LogP contribution >= 0.6 is 15.9 Å². The minimum Gasteiger partial charge on any atom is -0.381 e.